The second-order valence-electron chi connectivity index (χ2n) is 3.93. The van der Waals surface area contributed by atoms with Crippen molar-refractivity contribution in [2.75, 3.05) is 26.0 Å². The fourth-order valence-electron chi connectivity index (χ4n) is 1.47. The number of nitrogen functional groups attached to an aromatic ring is 1. The Morgan fingerprint density at radius 3 is 2.75 bits per heavy atom. The zero-order valence-electron chi connectivity index (χ0n) is 9.99. The van der Waals surface area contributed by atoms with Gasteiger partial charge in [-0.3, -0.25) is 4.79 Å². The number of nitrogens with one attached hydrogen (secondary N) is 1. The Balaban J connectivity index is 2.74. The summed E-state index contributed by atoms with van der Waals surface area (Å²) < 4.78 is 4.98. The number of rotatable bonds is 5. The Hall–Kier alpha value is -1.49. The number of carbonyl (C=O) groups is 1. The molecule has 90 valence electrons. The van der Waals surface area contributed by atoms with Crippen LogP contribution in [0.3, 0.4) is 0 Å². The van der Waals surface area contributed by atoms with Crippen LogP contribution in [0, 0.1) is 0 Å². The number of hydrogen-bond donors (Lipinski definition) is 2. The van der Waals surface area contributed by atoms with Crippen molar-refractivity contribution in [3.63, 3.8) is 0 Å². The molecule has 0 radical (unpaired) electrons. The zero-order chi connectivity index (χ0) is 12.1. The van der Waals surface area contributed by atoms with E-state index in [1.54, 1.807) is 24.3 Å². The fraction of sp³-hybridized carbons (Fsp3) is 0.545. The van der Waals surface area contributed by atoms with Crippen LogP contribution in [0.1, 0.15) is 24.3 Å². The molecule has 16 heavy (non-hydrogen) atoms. The number of methoxy groups -OCH3 is 1. The van der Waals surface area contributed by atoms with Crippen LogP contribution in [0.2, 0.25) is 0 Å². The van der Waals surface area contributed by atoms with Gasteiger partial charge in [0.25, 0.3) is 5.91 Å². The van der Waals surface area contributed by atoms with Crippen molar-refractivity contribution in [3.8, 4) is 0 Å². The Bertz CT molecular complexity index is 347. The Morgan fingerprint density at radius 1 is 1.62 bits per heavy atom. The number of nitrogens with zero attached hydrogens (tertiary/aromatic N) is 1. The molecule has 1 heterocycles. The zero-order valence-corrected chi connectivity index (χ0v) is 9.99. The lowest BCUT2D eigenvalue weighted by atomic mass is 10.2. The van der Waals surface area contributed by atoms with E-state index in [1.807, 2.05) is 13.8 Å². The molecular formula is C11H19N3O2. The summed E-state index contributed by atoms with van der Waals surface area (Å²) in [7, 11) is 1.62. The third-order valence-electron chi connectivity index (χ3n) is 2.36. The molecular weight excluding hydrogens is 206 g/mol. The van der Waals surface area contributed by atoms with E-state index in [1.165, 1.54) is 0 Å². The number of amides is 1. The summed E-state index contributed by atoms with van der Waals surface area (Å²) >= 11 is 0. The van der Waals surface area contributed by atoms with E-state index in [9.17, 15) is 4.79 Å². The maximum atomic E-state index is 12.1. The van der Waals surface area contributed by atoms with Gasteiger partial charge in [0.1, 0.15) is 5.69 Å². The number of hydrogen-bond acceptors (Lipinski definition) is 3. The summed E-state index contributed by atoms with van der Waals surface area (Å²) in [5.41, 5.74) is 6.65. The van der Waals surface area contributed by atoms with Crippen LogP contribution in [0.5, 0.6) is 0 Å². The number of aromatic amines is 1. The van der Waals surface area contributed by atoms with Crippen LogP contribution >= 0.6 is 0 Å². The highest BCUT2D eigenvalue weighted by molar-refractivity contribution is 5.93. The van der Waals surface area contributed by atoms with E-state index < -0.39 is 0 Å². The highest BCUT2D eigenvalue weighted by Crippen LogP contribution is 2.10. The summed E-state index contributed by atoms with van der Waals surface area (Å²) in [5.74, 6) is -0.0521. The van der Waals surface area contributed by atoms with Crippen LogP contribution < -0.4 is 5.73 Å². The lowest BCUT2D eigenvalue weighted by Gasteiger charge is -2.25. The van der Waals surface area contributed by atoms with Gasteiger partial charge >= 0.3 is 0 Å². The quantitative estimate of drug-likeness (QED) is 0.788. The predicted molar refractivity (Wildman–Crippen MR) is 63.3 cm³/mol. The normalized spacial score (nSPS) is 10.8. The number of carbonyl (C=O) groups excluding carboxylic acids is 1. The van der Waals surface area contributed by atoms with Crippen molar-refractivity contribution in [3.05, 3.63) is 18.0 Å². The third kappa shape index (κ3) is 3.00. The molecule has 0 aliphatic heterocycles. The monoisotopic (exact) mass is 225 g/mol. The van der Waals surface area contributed by atoms with Crippen LogP contribution in [-0.4, -0.2) is 42.1 Å². The maximum Gasteiger partial charge on any atom is 0.270 e. The minimum absolute atomic E-state index is 0.0521. The minimum atomic E-state index is -0.0521. The van der Waals surface area contributed by atoms with Gasteiger partial charge in [0.2, 0.25) is 0 Å². The van der Waals surface area contributed by atoms with E-state index in [0.717, 1.165) is 0 Å². The van der Waals surface area contributed by atoms with Gasteiger partial charge in [-0.1, -0.05) is 0 Å². The first kappa shape index (κ1) is 12.6. The second-order valence-corrected chi connectivity index (χ2v) is 3.93. The van der Waals surface area contributed by atoms with Gasteiger partial charge in [-0.25, -0.2) is 0 Å². The highest BCUT2D eigenvalue weighted by atomic mass is 16.5. The summed E-state index contributed by atoms with van der Waals surface area (Å²) in [5, 5.41) is 0. The van der Waals surface area contributed by atoms with Gasteiger partial charge < -0.3 is 20.4 Å². The molecule has 1 aromatic rings. The SMILES string of the molecule is COCCN(C(=O)c1cc(N)c[nH]1)C(C)C. The molecule has 0 aromatic carbocycles. The second kappa shape index (κ2) is 5.55. The van der Waals surface area contributed by atoms with E-state index >= 15 is 0 Å². The Labute approximate surface area is 95.6 Å². The molecule has 0 aliphatic rings. The predicted octanol–water partition coefficient (Wildman–Crippen LogP) is 1.09. The molecule has 0 saturated heterocycles. The largest absolute Gasteiger partial charge is 0.397 e. The highest BCUT2D eigenvalue weighted by Gasteiger charge is 2.19. The number of H-pyrrole nitrogens is 1. The van der Waals surface area contributed by atoms with Crippen LogP contribution in [0.4, 0.5) is 5.69 Å². The summed E-state index contributed by atoms with van der Waals surface area (Å²) in [6.07, 6.45) is 1.61. The number of anilines is 1. The van der Waals surface area contributed by atoms with Gasteiger partial charge in [0.05, 0.1) is 6.61 Å². The van der Waals surface area contributed by atoms with Crippen molar-refractivity contribution in [2.24, 2.45) is 0 Å². The van der Waals surface area contributed by atoms with Crippen molar-refractivity contribution in [1.82, 2.24) is 9.88 Å². The standard InChI is InChI=1S/C11H19N3O2/c1-8(2)14(4-5-16-3)11(15)10-6-9(12)7-13-10/h6-8,13H,4-5,12H2,1-3H3. The minimum Gasteiger partial charge on any atom is -0.397 e. The van der Waals surface area contributed by atoms with Gasteiger partial charge in [0, 0.05) is 31.6 Å². The maximum absolute atomic E-state index is 12.1. The first-order valence-corrected chi connectivity index (χ1v) is 5.30. The number of ether oxygens (including phenoxy) is 1. The summed E-state index contributed by atoms with van der Waals surface area (Å²) in [6.45, 7) is 5.05. The lowest BCUT2D eigenvalue weighted by Crippen LogP contribution is -2.39. The topological polar surface area (TPSA) is 71.3 Å². The Morgan fingerprint density at radius 2 is 2.31 bits per heavy atom. The molecule has 1 aromatic heterocycles. The molecule has 1 amide bonds. The van der Waals surface area contributed by atoms with E-state index in [4.69, 9.17) is 10.5 Å². The molecule has 3 N–H and O–H groups in total. The third-order valence-corrected chi connectivity index (χ3v) is 2.36. The van der Waals surface area contributed by atoms with Crippen molar-refractivity contribution < 1.29 is 9.53 Å². The molecule has 5 nitrogen and oxygen atoms in total. The van der Waals surface area contributed by atoms with Crippen molar-refractivity contribution in [2.45, 2.75) is 19.9 Å². The molecule has 0 saturated carbocycles. The number of nitrogens with two attached hydrogens (primary N) is 1. The van der Waals surface area contributed by atoms with Crippen LogP contribution in [-0.2, 0) is 4.74 Å². The first-order chi connectivity index (χ1) is 7.56. The van der Waals surface area contributed by atoms with Gasteiger partial charge in [0.15, 0.2) is 0 Å². The molecule has 0 atom stereocenters. The van der Waals surface area contributed by atoms with E-state index in [0.29, 0.717) is 24.5 Å². The van der Waals surface area contributed by atoms with Crippen LogP contribution in [0.15, 0.2) is 12.3 Å². The first-order valence-electron chi connectivity index (χ1n) is 5.30. The molecule has 0 bridgehead atoms. The smallest absolute Gasteiger partial charge is 0.270 e. The average molecular weight is 225 g/mol. The van der Waals surface area contributed by atoms with Crippen LogP contribution in [0.25, 0.3) is 0 Å². The molecule has 1 rings (SSSR count). The van der Waals surface area contributed by atoms with Gasteiger partial charge in [-0.2, -0.15) is 0 Å². The average Bonchev–Trinajstić information content (AvgIpc) is 2.64. The number of aromatic nitrogens is 1. The molecule has 0 aliphatic carbocycles. The van der Waals surface area contributed by atoms with Gasteiger partial charge in [-0.15, -0.1) is 0 Å². The molecule has 0 fully saturated rings. The molecule has 0 spiro atoms. The Kier molecular flexibility index (Phi) is 4.37. The molecule has 5 heteroatoms. The summed E-state index contributed by atoms with van der Waals surface area (Å²) in [4.78, 5) is 16.7. The van der Waals surface area contributed by atoms with Gasteiger partial charge in [-0.05, 0) is 19.9 Å². The van der Waals surface area contributed by atoms with Crippen molar-refractivity contribution in [1.29, 1.82) is 0 Å². The van der Waals surface area contributed by atoms with Crippen molar-refractivity contribution >= 4 is 11.6 Å². The summed E-state index contributed by atoms with van der Waals surface area (Å²) in [6, 6.07) is 1.78. The van der Waals surface area contributed by atoms with E-state index in [-0.39, 0.29) is 11.9 Å². The fourth-order valence-corrected chi connectivity index (χ4v) is 1.47. The van der Waals surface area contributed by atoms with E-state index in [2.05, 4.69) is 4.98 Å². The molecule has 0 unspecified atom stereocenters. The lowest BCUT2D eigenvalue weighted by molar-refractivity contribution is 0.0630.